The van der Waals surface area contributed by atoms with E-state index in [-0.39, 0.29) is 11.9 Å². The zero-order valence-corrected chi connectivity index (χ0v) is 14.4. The molecule has 0 saturated heterocycles. The summed E-state index contributed by atoms with van der Waals surface area (Å²) in [5.74, 6) is -0.0201. The molecule has 0 aliphatic rings. The van der Waals surface area contributed by atoms with Crippen LogP contribution in [-0.4, -0.2) is 27.8 Å². The number of benzene rings is 2. The standard InChI is InChI=1S/C20H21N3O/c1-13-14(2)22-19-12-17(10-11-18(19)21-13)20(24)23(4)15(3)16-8-6-5-7-9-16/h5-12,15H,1-4H3/t15-/m1/s1. The van der Waals surface area contributed by atoms with Crippen LogP contribution < -0.4 is 0 Å². The Morgan fingerprint density at radius 3 is 2.25 bits per heavy atom. The third kappa shape index (κ3) is 3.00. The lowest BCUT2D eigenvalue weighted by molar-refractivity contribution is 0.0743. The third-order valence-corrected chi connectivity index (χ3v) is 4.51. The Labute approximate surface area is 142 Å². The molecule has 24 heavy (non-hydrogen) atoms. The van der Waals surface area contributed by atoms with Crippen molar-refractivity contribution in [1.82, 2.24) is 14.9 Å². The molecule has 4 heteroatoms. The summed E-state index contributed by atoms with van der Waals surface area (Å²) in [7, 11) is 1.83. The maximum atomic E-state index is 12.8. The molecule has 1 heterocycles. The molecule has 4 nitrogen and oxygen atoms in total. The lowest BCUT2D eigenvalue weighted by atomic mass is 10.1. The second-order valence-corrected chi connectivity index (χ2v) is 6.10. The monoisotopic (exact) mass is 319 g/mol. The lowest BCUT2D eigenvalue weighted by Gasteiger charge is -2.25. The van der Waals surface area contributed by atoms with Gasteiger partial charge in [-0.1, -0.05) is 30.3 Å². The summed E-state index contributed by atoms with van der Waals surface area (Å²) >= 11 is 0. The molecule has 122 valence electrons. The third-order valence-electron chi connectivity index (χ3n) is 4.51. The van der Waals surface area contributed by atoms with E-state index < -0.39 is 0 Å². The van der Waals surface area contributed by atoms with Crippen molar-refractivity contribution in [2.24, 2.45) is 0 Å². The highest BCUT2D eigenvalue weighted by Gasteiger charge is 2.19. The van der Waals surface area contributed by atoms with Gasteiger partial charge in [-0.2, -0.15) is 0 Å². The Hall–Kier alpha value is -2.75. The molecular formula is C20H21N3O. The van der Waals surface area contributed by atoms with E-state index in [1.54, 1.807) is 4.90 Å². The molecule has 0 aliphatic heterocycles. The molecule has 1 aromatic heterocycles. The Balaban J connectivity index is 1.91. The van der Waals surface area contributed by atoms with Crippen LogP contribution in [0.25, 0.3) is 11.0 Å². The Morgan fingerprint density at radius 2 is 1.58 bits per heavy atom. The Morgan fingerprint density at radius 1 is 0.958 bits per heavy atom. The van der Waals surface area contributed by atoms with Gasteiger partial charge in [-0.05, 0) is 44.5 Å². The van der Waals surface area contributed by atoms with E-state index in [4.69, 9.17) is 0 Å². The summed E-state index contributed by atoms with van der Waals surface area (Å²) in [5.41, 5.74) is 5.11. The van der Waals surface area contributed by atoms with Gasteiger partial charge in [-0.15, -0.1) is 0 Å². The fraction of sp³-hybridized carbons (Fsp3) is 0.250. The van der Waals surface area contributed by atoms with Crippen LogP contribution in [0.3, 0.4) is 0 Å². The summed E-state index contributed by atoms with van der Waals surface area (Å²) in [4.78, 5) is 23.7. The van der Waals surface area contributed by atoms with Crippen molar-refractivity contribution in [2.45, 2.75) is 26.8 Å². The van der Waals surface area contributed by atoms with Gasteiger partial charge >= 0.3 is 0 Å². The number of hydrogen-bond acceptors (Lipinski definition) is 3. The molecular weight excluding hydrogens is 298 g/mol. The van der Waals surface area contributed by atoms with Crippen molar-refractivity contribution in [3.8, 4) is 0 Å². The molecule has 0 spiro atoms. The van der Waals surface area contributed by atoms with Crippen molar-refractivity contribution in [2.75, 3.05) is 7.05 Å². The second-order valence-electron chi connectivity index (χ2n) is 6.10. The van der Waals surface area contributed by atoms with E-state index >= 15 is 0 Å². The van der Waals surface area contributed by atoms with Crippen molar-refractivity contribution >= 4 is 16.9 Å². The Bertz CT molecular complexity index is 890. The highest BCUT2D eigenvalue weighted by Crippen LogP contribution is 2.22. The summed E-state index contributed by atoms with van der Waals surface area (Å²) in [6.45, 7) is 5.90. The first kappa shape index (κ1) is 16.1. The fourth-order valence-electron chi connectivity index (χ4n) is 2.70. The van der Waals surface area contributed by atoms with Crippen LogP contribution in [0.2, 0.25) is 0 Å². The topological polar surface area (TPSA) is 46.1 Å². The van der Waals surface area contributed by atoms with Crippen molar-refractivity contribution in [3.05, 3.63) is 71.0 Å². The molecule has 1 amide bonds. The fourth-order valence-corrected chi connectivity index (χ4v) is 2.70. The average Bonchev–Trinajstić information content (AvgIpc) is 2.61. The van der Waals surface area contributed by atoms with Crippen LogP contribution in [0.1, 0.15) is 40.3 Å². The van der Waals surface area contributed by atoms with Crippen LogP contribution >= 0.6 is 0 Å². The maximum absolute atomic E-state index is 12.8. The molecule has 2 aromatic carbocycles. The van der Waals surface area contributed by atoms with E-state index in [1.165, 1.54) is 0 Å². The molecule has 0 unspecified atom stereocenters. The highest BCUT2D eigenvalue weighted by molar-refractivity contribution is 5.97. The molecule has 1 atom stereocenters. The SMILES string of the molecule is Cc1nc2ccc(C(=O)N(C)[C@H](C)c3ccccc3)cc2nc1C. The minimum Gasteiger partial charge on any atom is -0.335 e. The first-order chi connectivity index (χ1) is 11.5. The van der Waals surface area contributed by atoms with Crippen LogP contribution in [0.4, 0.5) is 0 Å². The average molecular weight is 319 g/mol. The van der Waals surface area contributed by atoms with E-state index in [0.717, 1.165) is 28.0 Å². The molecule has 0 saturated carbocycles. The zero-order valence-electron chi connectivity index (χ0n) is 14.4. The van der Waals surface area contributed by atoms with E-state index in [2.05, 4.69) is 9.97 Å². The number of amides is 1. The lowest BCUT2D eigenvalue weighted by Crippen LogP contribution is -2.29. The normalized spacial score (nSPS) is 12.2. The number of carbonyl (C=O) groups excluding carboxylic acids is 1. The van der Waals surface area contributed by atoms with Gasteiger partial charge in [0.05, 0.1) is 28.5 Å². The van der Waals surface area contributed by atoms with Crippen LogP contribution in [-0.2, 0) is 0 Å². The molecule has 0 aliphatic carbocycles. The predicted octanol–water partition coefficient (Wildman–Crippen LogP) is 4.08. The van der Waals surface area contributed by atoms with E-state index in [1.807, 2.05) is 76.3 Å². The number of carbonyl (C=O) groups is 1. The van der Waals surface area contributed by atoms with Crippen LogP contribution in [0.15, 0.2) is 48.5 Å². The number of rotatable bonds is 3. The summed E-state index contributed by atoms with van der Waals surface area (Å²) in [6.07, 6.45) is 0. The van der Waals surface area contributed by atoms with Crippen LogP contribution in [0, 0.1) is 13.8 Å². The summed E-state index contributed by atoms with van der Waals surface area (Å²) in [6, 6.07) is 15.5. The first-order valence-electron chi connectivity index (χ1n) is 8.04. The summed E-state index contributed by atoms with van der Waals surface area (Å²) in [5, 5.41) is 0. The van der Waals surface area contributed by atoms with E-state index in [0.29, 0.717) is 5.56 Å². The van der Waals surface area contributed by atoms with Gasteiger partial charge < -0.3 is 4.90 Å². The first-order valence-corrected chi connectivity index (χ1v) is 8.04. The van der Waals surface area contributed by atoms with Gasteiger partial charge in [0.25, 0.3) is 5.91 Å². The zero-order chi connectivity index (χ0) is 17.3. The number of hydrogen-bond donors (Lipinski definition) is 0. The Kier molecular flexibility index (Phi) is 4.30. The van der Waals surface area contributed by atoms with Gasteiger partial charge in [-0.25, -0.2) is 9.97 Å². The largest absolute Gasteiger partial charge is 0.335 e. The highest BCUT2D eigenvalue weighted by atomic mass is 16.2. The molecule has 3 rings (SSSR count). The molecule has 0 fully saturated rings. The number of aryl methyl sites for hydroxylation is 2. The maximum Gasteiger partial charge on any atom is 0.254 e. The summed E-state index contributed by atoms with van der Waals surface area (Å²) < 4.78 is 0. The quantitative estimate of drug-likeness (QED) is 0.731. The minimum atomic E-state index is -0.0201. The van der Waals surface area contributed by atoms with Gasteiger partial charge in [-0.3, -0.25) is 4.79 Å². The molecule has 0 N–H and O–H groups in total. The second kappa shape index (κ2) is 6.40. The number of nitrogens with zero attached hydrogens (tertiary/aromatic N) is 3. The van der Waals surface area contributed by atoms with Crippen molar-refractivity contribution in [3.63, 3.8) is 0 Å². The smallest absolute Gasteiger partial charge is 0.254 e. The van der Waals surface area contributed by atoms with Gasteiger partial charge in [0, 0.05) is 12.6 Å². The molecule has 0 bridgehead atoms. The van der Waals surface area contributed by atoms with Gasteiger partial charge in [0.1, 0.15) is 0 Å². The van der Waals surface area contributed by atoms with Gasteiger partial charge in [0.2, 0.25) is 0 Å². The van der Waals surface area contributed by atoms with Crippen molar-refractivity contribution < 1.29 is 4.79 Å². The molecule has 0 radical (unpaired) electrons. The van der Waals surface area contributed by atoms with E-state index in [9.17, 15) is 4.79 Å². The molecule has 3 aromatic rings. The number of aromatic nitrogens is 2. The van der Waals surface area contributed by atoms with Crippen molar-refractivity contribution in [1.29, 1.82) is 0 Å². The van der Waals surface area contributed by atoms with Gasteiger partial charge in [0.15, 0.2) is 0 Å². The minimum absolute atomic E-state index is 0.000218. The number of fused-ring (bicyclic) bond motifs is 1. The van der Waals surface area contributed by atoms with Crippen LogP contribution in [0.5, 0.6) is 0 Å². The predicted molar refractivity (Wildman–Crippen MR) is 96.0 cm³/mol.